The highest BCUT2D eigenvalue weighted by molar-refractivity contribution is 7.90. The molecule has 1 aromatic carbocycles. The molecule has 3 rings (SSSR count). The van der Waals surface area contributed by atoms with E-state index in [9.17, 15) is 13.2 Å². The standard InChI is InChI=1S/C11H12N2O3S/c14-11-9-5-8(12-6-7-1-2-7)3-4-10(9)17(15,16)13-11/h3-5,7,12H,1-2,6H2,(H,13,14). The fraction of sp³-hybridized carbons (Fsp3) is 0.364. The summed E-state index contributed by atoms with van der Waals surface area (Å²) >= 11 is 0. The smallest absolute Gasteiger partial charge is 0.266 e. The van der Waals surface area contributed by atoms with Crippen LogP contribution in [0.2, 0.25) is 0 Å². The average molecular weight is 252 g/mol. The Hall–Kier alpha value is -1.56. The lowest BCUT2D eigenvalue weighted by atomic mass is 10.2. The Labute approximate surface area is 99.3 Å². The number of benzene rings is 1. The number of rotatable bonds is 3. The average Bonchev–Trinajstić information content (AvgIpc) is 3.05. The van der Waals surface area contributed by atoms with Crippen molar-refractivity contribution in [1.82, 2.24) is 4.72 Å². The molecule has 0 aromatic heterocycles. The van der Waals surface area contributed by atoms with Crippen LogP contribution in [0.25, 0.3) is 0 Å². The Morgan fingerprint density at radius 3 is 2.82 bits per heavy atom. The number of nitrogens with one attached hydrogen (secondary N) is 2. The summed E-state index contributed by atoms with van der Waals surface area (Å²) in [6, 6.07) is 4.76. The fourth-order valence-electron chi connectivity index (χ4n) is 1.87. The van der Waals surface area contributed by atoms with Crippen LogP contribution in [0.3, 0.4) is 0 Å². The highest BCUT2D eigenvalue weighted by Gasteiger charge is 2.32. The minimum absolute atomic E-state index is 0.0690. The van der Waals surface area contributed by atoms with Gasteiger partial charge in [-0.3, -0.25) is 4.79 Å². The molecule has 17 heavy (non-hydrogen) atoms. The second kappa shape index (κ2) is 3.46. The van der Waals surface area contributed by atoms with E-state index in [4.69, 9.17) is 0 Å². The first-order valence-electron chi connectivity index (χ1n) is 5.51. The maximum absolute atomic E-state index is 11.5. The highest BCUT2D eigenvalue weighted by Crippen LogP contribution is 2.30. The van der Waals surface area contributed by atoms with E-state index in [1.165, 1.54) is 18.9 Å². The van der Waals surface area contributed by atoms with Crippen molar-refractivity contribution in [1.29, 1.82) is 0 Å². The van der Waals surface area contributed by atoms with E-state index in [0.717, 1.165) is 18.2 Å². The number of anilines is 1. The van der Waals surface area contributed by atoms with Crippen LogP contribution in [0, 0.1) is 5.92 Å². The van der Waals surface area contributed by atoms with E-state index < -0.39 is 15.9 Å². The molecule has 1 aromatic rings. The van der Waals surface area contributed by atoms with Crippen molar-refractivity contribution >= 4 is 21.6 Å². The third kappa shape index (κ3) is 1.88. The number of fused-ring (bicyclic) bond motifs is 1. The molecule has 1 aliphatic heterocycles. The van der Waals surface area contributed by atoms with Gasteiger partial charge in [-0.15, -0.1) is 0 Å². The lowest BCUT2D eigenvalue weighted by Gasteiger charge is -2.05. The molecule has 0 unspecified atom stereocenters. The van der Waals surface area contributed by atoms with Crippen molar-refractivity contribution in [2.24, 2.45) is 5.92 Å². The third-order valence-corrected chi connectivity index (χ3v) is 4.42. The molecule has 1 heterocycles. The fourth-order valence-corrected chi connectivity index (χ4v) is 3.02. The number of hydrogen-bond donors (Lipinski definition) is 2. The SMILES string of the molecule is O=C1NS(=O)(=O)c2ccc(NCC3CC3)cc21. The van der Waals surface area contributed by atoms with Gasteiger partial charge < -0.3 is 5.32 Å². The van der Waals surface area contributed by atoms with E-state index in [0.29, 0.717) is 0 Å². The Kier molecular flexibility index (Phi) is 2.16. The number of amides is 1. The summed E-state index contributed by atoms with van der Waals surface area (Å²) in [4.78, 5) is 11.5. The molecule has 1 fully saturated rings. The van der Waals surface area contributed by atoms with Crippen LogP contribution in [-0.2, 0) is 10.0 Å². The number of sulfonamides is 1. The molecule has 90 valence electrons. The van der Waals surface area contributed by atoms with Crippen molar-refractivity contribution < 1.29 is 13.2 Å². The van der Waals surface area contributed by atoms with Crippen molar-refractivity contribution in [2.45, 2.75) is 17.7 Å². The van der Waals surface area contributed by atoms with Gasteiger partial charge >= 0.3 is 0 Å². The molecule has 2 N–H and O–H groups in total. The normalized spacial score (nSPS) is 20.8. The Morgan fingerprint density at radius 1 is 1.35 bits per heavy atom. The molecule has 0 radical (unpaired) electrons. The van der Waals surface area contributed by atoms with Gasteiger partial charge in [-0.05, 0) is 37.0 Å². The predicted molar refractivity (Wildman–Crippen MR) is 62.3 cm³/mol. The maximum Gasteiger partial charge on any atom is 0.266 e. The molecule has 0 saturated heterocycles. The Morgan fingerprint density at radius 2 is 2.12 bits per heavy atom. The van der Waals surface area contributed by atoms with Crippen molar-refractivity contribution in [3.63, 3.8) is 0 Å². The number of carbonyl (C=O) groups excluding carboxylic acids is 1. The van der Waals surface area contributed by atoms with Crippen LogP contribution in [0.5, 0.6) is 0 Å². The first kappa shape index (κ1) is 10.6. The summed E-state index contributed by atoms with van der Waals surface area (Å²) in [6.45, 7) is 0.882. The van der Waals surface area contributed by atoms with Crippen molar-refractivity contribution in [3.8, 4) is 0 Å². The molecule has 6 heteroatoms. The highest BCUT2D eigenvalue weighted by atomic mass is 32.2. The van der Waals surface area contributed by atoms with Crippen LogP contribution in [-0.4, -0.2) is 20.9 Å². The summed E-state index contributed by atoms with van der Waals surface area (Å²) in [5, 5.41) is 3.21. The molecule has 1 amide bonds. The zero-order chi connectivity index (χ0) is 12.0. The number of carbonyl (C=O) groups is 1. The van der Waals surface area contributed by atoms with Gasteiger partial charge in [-0.1, -0.05) is 0 Å². The van der Waals surface area contributed by atoms with Gasteiger partial charge in [-0.2, -0.15) is 0 Å². The summed E-state index contributed by atoms with van der Waals surface area (Å²) in [5.41, 5.74) is 1.02. The maximum atomic E-state index is 11.5. The monoisotopic (exact) mass is 252 g/mol. The van der Waals surface area contributed by atoms with E-state index >= 15 is 0 Å². The van der Waals surface area contributed by atoms with Crippen LogP contribution < -0.4 is 10.0 Å². The summed E-state index contributed by atoms with van der Waals surface area (Å²) in [7, 11) is -3.62. The second-order valence-corrected chi connectivity index (χ2v) is 6.12. The van der Waals surface area contributed by atoms with Gasteiger partial charge in [0, 0.05) is 12.2 Å². The Balaban J connectivity index is 1.90. The van der Waals surface area contributed by atoms with Crippen LogP contribution >= 0.6 is 0 Å². The Bertz CT molecular complexity index is 591. The largest absolute Gasteiger partial charge is 0.385 e. The predicted octanol–water partition coefficient (Wildman–Crippen LogP) is 0.941. The van der Waals surface area contributed by atoms with E-state index in [2.05, 4.69) is 5.32 Å². The molecule has 1 saturated carbocycles. The summed E-state index contributed by atoms with van der Waals surface area (Å²) < 4.78 is 25.0. The van der Waals surface area contributed by atoms with Gasteiger partial charge in [0.1, 0.15) is 4.90 Å². The number of hydrogen-bond acceptors (Lipinski definition) is 4. The summed E-state index contributed by atoms with van der Waals surface area (Å²) in [6.07, 6.45) is 2.49. The van der Waals surface area contributed by atoms with Gasteiger partial charge in [0.25, 0.3) is 15.9 Å². The quantitative estimate of drug-likeness (QED) is 0.839. The molecular formula is C11H12N2O3S. The van der Waals surface area contributed by atoms with Crippen LogP contribution in [0.15, 0.2) is 23.1 Å². The minimum Gasteiger partial charge on any atom is -0.385 e. The third-order valence-electron chi connectivity index (χ3n) is 3.03. The molecule has 0 bridgehead atoms. The molecular weight excluding hydrogens is 240 g/mol. The lowest BCUT2D eigenvalue weighted by Crippen LogP contribution is -2.20. The van der Waals surface area contributed by atoms with Gasteiger partial charge in [0.05, 0.1) is 5.56 Å². The van der Waals surface area contributed by atoms with E-state index in [1.54, 1.807) is 12.1 Å². The first-order chi connectivity index (χ1) is 8.06. The lowest BCUT2D eigenvalue weighted by molar-refractivity contribution is 0.0985. The van der Waals surface area contributed by atoms with Crippen LogP contribution in [0.1, 0.15) is 23.2 Å². The molecule has 2 aliphatic rings. The van der Waals surface area contributed by atoms with E-state index in [1.807, 2.05) is 4.72 Å². The van der Waals surface area contributed by atoms with Gasteiger partial charge in [-0.25, -0.2) is 13.1 Å². The second-order valence-electron chi connectivity index (χ2n) is 4.47. The van der Waals surface area contributed by atoms with Crippen molar-refractivity contribution in [3.05, 3.63) is 23.8 Å². The molecule has 1 aliphatic carbocycles. The minimum atomic E-state index is -3.62. The topological polar surface area (TPSA) is 75.3 Å². The molecule has 0 atom stereocenters. The zero-order valence-corrected chi connectivity index (χ0v) is 9.88. The van der Waals surface area contributed by atoms with Gasteiger partial charge in [0.15, 0.2) is 0 Å². The van der Waals surface area contributed by atoms with E-state index in [-0.39, 0.29) is 10.5 Å². The van der Waals surface area contributed by atoms with Crippen LogP contribution in [0.4, 0.5) is 5.69 Å². The first-order valence-corrected chi connectivity index (χ1v) is 7.00. The molecule has 0 spiro atoms. The molecule has 5 nitrogen and oxygen atoms in total. The van der Waals surface area contributed by atoms with Crippen molar-refractivity contribution in [2.75, 3.05) is 11.9 Å². The van der Waals surface area contributed by atoms with Gasteiger partial charge in [0.2, 0.25) is 0 Å². The summed E-state index contributed by atoms with van der Waals surface area (Å²) in [5.74, 6) is 0.177. The zero-order valence-electron chi connectivity index (χ0n) is 9.06.